The van der Waals surface area contributed by atoms with Gasteiger partial charge in [0.1, 0.15) is 0 Å². The monoisotopic (exact) mass is 188 g/mol. The fraction of sp³-hybridized carbons (Fsp3) is 0. The van der Waals surface area contributed by atoms with E-state index >= 15 is 0 Å². The Hall–Kier alpha value is 1.32. The molecule has 0 fully saturated rings. The molecule has 0 aromatic rings. The van der Waals surface area contributed by atoms with Gasteiger partial charge in [0, 0.05) is 0 Å². The van der Waals surface area contributed by atoms with Crippen molar-refractivity contribution in [2.24, 2.45) is 0 Å². The first-order valence-corrected chi connectivity index (χ1v) is 4.26. The van der Waals surface area contributed by atoms with E-state index < -0.39 is 7.82 Å². The molecule has 5 nitrogen and oxygen atoms in total. The minimum atomic E-state index is -5.39. The van der Waals surface area contributed by atoms with Crippen LogP contribution in [-0.2, 0) is 27.8 Å². The minimum absolute atomic E-state index is 0.869. The average molecular weight is 188 g/mol. The van der Waals surface area contributed by atoms with E-state index in [2.05, 4.69) is 2.37 Å². The molecule has 8 heavy (non-hydrogen) atoms. The normalized spacial score (nSPS) is 9.62. The first-order valence-electron chi connectivity index (χ1n) is 1.34. The summed E-state index contributed by atoms with van der Waals surface area (Å²) >= 11 is 2.56. The van der Waals surface area contributed by atoms with Crippen LogP contribution >= 0.6 is 7.82 Å². The van der Waals surface area contributed by atoms with E-state index in [1.165, 1.54) is 0 Å². The van der Waals surface area contributed by atoms with Crippen molar-refractivity contribution in [3.05, 3.63) is 0 Å². The molecule has 0 unspecified atom stereocenters. The van der Waals surface area contributed by atoms with Crippen LogP contribution in [0.4, 0.5) is 0 Å². The maximum atomic E-state index is 8.55. The molecular formula is H2AlO5PTi. The van der Waals surface area contributed by atoms with E-state index in [4.69, 9.17) is 19.2 Å². The van der Waals surface area contributed by atoms with Crippen molar-refractivity contribution < 1.29 is 42.4 Å². The second-order valence-corrected chi connectivity index (χ2v) is 3.87. The SMILES string of the molecule is O=P([O-])([O-])[O-].[AlH2][O][Ti+3]. The van der Waals surface area contributed by atoms with Crippen LogP contribution in [0.3, 0.4) is 0 Å². The molecular weight excluding hydrogens is 186 g/mol. The molecule has 44 valence electrons. The second-order valence-electron chi connectivity index (χ2n) is 0.651. The zero-order valence-corrected chi connectivity index (χ0v) is 8.44. The average Bonchev–Trinajstić information content (AvgIpc) is 1.27. The van der Waals surface area contributed by atoms with Crippen LogP contribution in [0.5, 0.6) is 0 Å². The third-order valence-corrected chi connectivity index (χ3v) is 0. The number of hydrogen-bond acceptors (Lipinski definition) is 5. The molecule has 0 aromatic carbocycles. The summed E-state index contributed by atoms with van der Waals surface area (Å²) in [5, 5.41) is 0. The number of hydrogen-bond donors (Lipinski definition) is 0. The van der Waals surface area contributed by atoms with E-state index in [0.717, 1.165) is 16.6 Å². The summed E-state index contributed by atoms with van der Waals surface area (Å²) in [6, 6.07) is 0. The molecule has 0 saturated heterocycles. The molecule has 0 aliphatic rings. The molecule has 0 bridgehead atoms. The Labute approximate surface area is 66.9 Å². The second kappa shape index (κ2) is 6.44. The number of rotatable bonds is 0. The van der Waals surface area contributed by atoms with Crippen LogP contribution in [0.2, 0.25) is 0 Å². The van der Waals surface area contributed by atoms with Crippen LogP contribution in [0.1, 0.15) is 0 Å². The predicted molar refractivity (Wildman–Crippen MR) is 17.2 cm³/mol. The summed E-state index contributed by atoms with van der Waals surface area (Å²) in [5.74, 6) is 0. The Kier molecular flexibility index (Phi) is 9.69. The maximum absolute atomic E-state index is 8.55. The Balaban J connectivity index is 0. The first kappa shape index (κ1) is 12.0. The molecule has 0 radical (unpaired) electrons. The van der Waals surface area contributed by atoms with Gasteiger partial charge in [0.2, 0.25) is 0 Å². The van der Waals surface area contributed by atoms with Crippen LogP contribution in [-0.4, -0.2) is 16.6 Å². The van der Waals surface area contributed by atoms with Gasteiger partial charge >= 0.3 is 39.8 Å². The summed E-state index contributed by atoms with van der Waals surface area (Å²) in [4.78, 5) is 25.6. The Morgan fingerprint density at radius 2 is 1.50 bits per heavy atom. The molecule has 0 aromatic heterocycles. The van der Waals surface area contributed by atoms with Crippen LogP contribution < -0.4 is 14.7 Å². The molecule has 0 saturated carbocycles. The van der Waals surface area contributed by atoms with Gasteiger partial charge in [-0.25, -0.2) is 0 Å². The van der Waals surface area contributed by atoms with Gasteiger partial charge in [0.15, 0.2) is 0 Å². The van der Waals surface area contributed by atoms with E-state index in [1.807, 2.05) is 0 Å². The fourth-order valence-electron chi connectivity index (χ4n) is 0. The molecule has 0 rings (SSSR count). The molecule has 8 heteroatoms. The van der Waals surface area contributed by atoms with Gasteiger partial charge < -0.3 is 19.2 Å². The summed E-state index contributed by atoms with van der Waals surface area (Å²) in [5.41, 5.74) is 0. The van der Waals surface area contributed by atoms with Gasteiger partial charge in [0.05, 0.1) is 0 Å². The van der Waals surface area contributed by atoms with Gasteiger partial charge in [-0.05, 0) is 0 Å². The quantitative estimate of drug-likeness (QED) is 0.286. The van der Waals surface area contributed by atoms with Crippen molar-refractivity contribution in [2.45, 2.75) is 0 Å². The van der Waals surface area contributed by atoms with Crippen LogP contribution in [0, 0.1) is 0 Å². The third-order valence-electron chi connectivity index (χ3n) is 0. The standard InChI is InChI=1S/Al.H3O4P.O.Ti.2H/c;1-5(2,3)4;;;;/h;(H3,1,2,3,4);;;;/q;;;+3;;/p-3. The van der Waals surface area contributed by atoms with E-state index in [9.17, 15) is 0 Å². The topological polar surface area (TPSA) is 95.5 Å². The van der Waals surface area contributed by atoms with Crippen molar-refractivity contribution in [3.8, 4) is 0 Å². The van der Waals surface area contributed by atoms with Gasteiger partial charge in [-0.15, -0.1) is 0 Å². The van der Waals surface area contributed by atoms with Crippen molar-refractivity contribution in [1.82, 2.24) is 0 Å². The van der Waals surface area contributed by atoms with E-state index in [-0.39, 0.29) is 0 Å². The van der Waals surface area contributed by atoms with Crippen molar-refractivity contribution in [1.29, 1.82) is 0 Å². The van der Waals surface area contributed by atoms with Gasteiger partial charge in [0.25, 0.3) is 0 Å². The summed E-state index contributed by atoms with van der Waals surface area (Å²) in [7, 11) is -5.39. The van der Waals surface area contributed by atoms with Crippen molar-refractivity contribution >= 4 is 24.4 Å². The van der Waals surface area contributed by atoms with Gasteiger partial charge in [-0.3, -0.25) is 0 Å². The van der Waals surface area contributed by atoms with Crippen LogP contribution in [0.25, 0.3) is 0 Å². The molecule has 0 aliphatic heterocycles. The fourth-order valence-corrected chi connectivity index (χ4v) is 0. The Bertz CT molecular complexity index is 68.2. The molecule has 0 heterocycles. The zero-order chi connectivity index (χ0) is 7.21. The molecule has 0 aliphatic carbocycles. The van der Waals surface area contributed by atoms with Gasteiger partial charge in [-0.2, -0.15) is 7.82 Å². The van der Waals surface area contributed by atoms with Gasteiger partial charge in [-0.1, -0.05) is 0 Å². The summed E-state index contributed by atoms with van der Waals surface area (Å²) in [6.07, 6.45) is 0. The van der Waals surface area contributed by atoms with E-state index in [0.29, 0.717) is 0 Å². The van der Waals surface area contributed by atoms with Crippen LogP contribution in [0.15, 0.2) is 0 Å². The first-order chi connectivity index (χ1) is 3.41. The summed E-state index contributed by atoms with van der Waals surface area (Å²) in [6.45, 7) is 0. The molecule has 0 spiro atoms. The zero-order valence-electron chi connectivity index (χ0n) is 3.99. The Morgan fingerprint density at radius 1 is 1.50 bits per heavy atom. The molecule has 0 amide bonds. The molecule has 0 N–H and O–H groups in total. The van der Waals surface area contributed by atoms with E-state index in [1.54, 1.807) is 20.8 Å². The third kappa shape index (κ3) is 168. The predicted octanol–water partition coefficient (Wildman–Crippen LogP) is -3.81. The Morgan fingerprint density at radius 3 is 1.50 bits per heavy atom. The van der Waals surface area contributed by atoms with Crippen molar-refractivity contribution in [2.75, 3.05) is 0 Å². The van der Waals surface area contributed by atoms with Crippen molar-refractivity contribution in [3.63, 3.8) is 0 Å². The number of phosphoric acid groups is 1. The molecule has 0 atom stereocenters. The summed E-state index contributed by atoms with van der Waals surface area (Å²) < 4.78 is 12.9.